The zero-order valence-corrected chi connectivity index (χ0v) is 35.0. The summed E-state index contributed by atoms with van der Waals surface area (Å²) in [6.07, 6.45) is 17.9. The fourth-order valence-corrected chi connectivity index (χ4v) is 7.59. The van der Waals surface area contributed by atoms with Crippen molar-refractivity contribution in [3.05, 3.63) is 229 Å². The number of nitriles is 1. The van der Waals surface area contributed by atoms with E-state index in [2.05, 4.69) is 153 Å². The van der Waals surface area contributed by atoms with Crippen LogP contribution in [0, 0.1) is 18.3 Å². The van der Waals surface area contributed by atoms with Crippen molar-refractivity contribution in [3.63, 3.8) is 0 Å². The Hall–Kier alpha value is -7.55. The van der Waals surface area contributed by atoms with Crippen molar-refractivity contribution in [2.45, 2.75) is 40.0 Å². The lowest BCUT2D eigenvalue weighted by Gasteiger charge is -2.34. The molecular formula is C55H49N5. The molecule has 1 aliphatic rings. The van der Waals surface area contributed by atoms with Gasteiger partial charge in [0.15, 0.2) is 17.5 Å². The minimum absolute atomic E-state index is 0.552. The molecule has 8 rings (SSSR count). The largest absolute Gasteiger partial charge is 0.264 e. The Bertz CT molecular complexity index is 2710. The van der Waals surface area contributed by atoms with Crippen molar-refractivity contribution in [2.24, 2.45) is 0 Å². The van der Waals surface area contributed by atoms with E-state index >= 15 is 0 Å². The van der Waals surface area contributed by atoms with Crippen molar-refractivity contribution in [1.29, 1.82) is 5.26 Å². The number of aryl methyl sites for hydroxylation is 1. The highest BCUT2D eigenvalue weighted by Crippen LogP contribution is 2.58. The molecule has 0 spiro atoms. The van der Waals surface area contributed by atoms with Crippen LogP contribution in [0.2, 0.25) is 0 Å². The summed E-state index contributed by atoms with van der Waals surface area (Å²) in [4.78, 5) is 19.4. The highest BCUT2D eigenvalue weighted by atomic mass is 15.0. The van der Waals surface area contributed by atoms with Crippen molar-refractivity contribution in [2.75, 3.05) is 0 Å². The second-order valence-electron chi connectivity index (χ2n) is 13.8. The molecule has 0 aliphatic heterocycles. The van der Waals surface area contributed by atoms with Gasteiger partial charge in [0.05, 0.1) is 17.0 Å². The average molecular weight is 780 g/mol. The number of allylic oxidation sites excluding steroid dienone is 8. The Morgan fingerprint density at radius 1 is 0.617 bits per heavy atom. The van der Waals surface area contributed by atoms with E-state index in [4.69, 9.17) is 15.0 Å². The first-order valence-electron chi connectivity index (χ1n) is 20.2. The number of benzene rings is 5. The first-order valence-corrected chi connectivity index (χ1v) is 20.2. The van der Waals surface area contributed by atoms with E-state index in [-0.39, 0.29) is 0 Å². The first-order chi connectivity index (χ1) is 29.5. The molecule has 0 N–H and O–H groups in total. The minimum atomic E-state index is -0.568. The monoisotopic (exact) mass is 779 g/mol. The predicted molar refractivity (Wildman–Crippen MR) is 250 cm³/mol. The molecule has 0 fully saturated rings. The van der Waals surface area contributed by atoms with Gasteiger partial charge in [-0.25, -0.2) is 15.0 Å². The fourth-order valence-electron chi connectivity index (χ4n) is 7.59. The summed E-state index contributed by atoms with van der Waals surface area (Å²) in [6.45, 7) is 16.9. The van der Waals surface area contributed by atoms with E-state index in [1.807, 2.05) is 63.5 Å². The van der Waals surface area contributed by atoms with Gasteiger partial charge in [0.2, 0.25) is 0 Å². The van der Waals surface area contributed by atoms with Crippen LogP contribution in [0.15, 0.2) is 201 Å². The van der Waals surface area contributed by atoms with Crippen molar-refractivity contribution < 1.29 is 0 Å². The van der Waals surface area contributed by atoms with Crippen LogP contribution in [0.25, 0.3) is 56.4 Å². The van der Waals surface area contributed by atoms with Gasteiger partial charge < -0.3 is 0 Å². The molecule has 5 aromatic carbocycles. The van der Waals surface area contributed by atoms with E-state index in [9.17, 15) is 5.26 Å². The number of aromatic nitrogens is 4. The maximum Gasteiger partial charge on any atom is 0.164 e. The van der Waals surface area contributed by atoms with Crippen molar-refractivity contribution in [3.8, 4) is 62.5 Å². The predicted octanol–water partition coefficient (Wildman–Crippen LogP) is 13.9. The third-order valence-corrected chi connectivity index (χ3v) is 10.2. The van der Waals surface area contributed by atoms with Crippen LogP contribution in [0.5, 0.6) is 0 Å². The van der Waals surface area contributed by atoms with Crippen LogP contribution in [0.3, 0.4) is 0 Å². The smallest absolute Gasteiger partial charge is 0.164 e. The lowest BCUT2D eigenvalue weighted by Crippen LogP contribution is -2.29. The highest BCUT2D eigenvalue weighted by molar-refractivity contribution is 5.95. The summed E-state index contributed by atoms with van der Waals surface area (Å²) >= 11 is 0. The molecule has 0 saturated carbocycles. The van der Waals surface area contributed by atoms with Crippen LogP contribution < -0.4 is 0 Å². The zero-order valence-electron chi connectivity index (χ0n) is 35.0. The highest BCUT2D eigenvalue weighted by Gasteiger charge is 2.47. The molecule has 0 amide bonds. The third-order valence-electron chi connectivity index (χ3n) is 10.2. The van der Waals surface area contributed by atoms with Gasteiger partial charge >= 0.3 is 0 Å². The first kappa shape index (κ1) is 42.1. The summed E-state index contributed by atoms with van der Waals surface area (Å²) in [7, 11) is 0. The van der Waals surface area contributed by atoms with Crippen LogP contribution >= 0.6 is 0 Å². The molecule has 7 aromatic rings. The second kappa shape index (κ2) is 19.7. The minimum Gasteiger partial charge on any atom is -0.264 e. The lowest BCUT2D eigenvalue weighted by molar-refractivity contribution is 0.761. The quantitative estimate of drug-likeness (QED) is 0.136. The number of pyridine rings is 1. The number of rotatable bonds is 9. The topological polar surface area (TPSA) is 75.3 Å². The van der Waals surface area contributed by atoms with Crippen LogP contribution in [0.4, 0.5) is 0 Å². The molecule has 2 aromatic heterocycles. The third kappa shape index (κ3) is 8.36. The number of fused-ring (bicyclic) bond motifs is 3. The summed E-state index contributed by atoms with van der Waals surface area (Å²) < 4.78 is 0. The summed E-state index contributed by atoms with van der Waals surface area (Å²) in [5.74, 6) is 1.72. The summed E-state index contributed by atoms with van der Waals surface area (Å²) in [5, 5.41) is 9.37. The van der Waals surface area contributed by atoms with E-state index < -0.39 is 5.41 Å². The van der Waals surface area contributed by atoms with E-state index in [1.54, 1.807) is 24.3 Å². The SMILES string of the molecule is C=CC=C.CC.C\C=C/C=C(\C=C/C)C1(c2cccnc2)c2ccccc2-c2c(-c3ccc(-c4nc(-c5ccc(C)cc5)nc(-c5ccc(C#N)cc5)n4)cc3)cccc21. The van der Waals surface area contributed by atoms with E-state index in [0.29, 0.717) is 23.0 Å². The molecule has 1 unspecified atom stereocenters. The molecule has 294 valence electrons. The van der Waals surface area contributed by atoms with Crippen LogP contribution in [0.1, 0.15) is 55.5 Å². The number of hydrogen-bond donors (Lipinski definition) is 0. The molecule has 60 heavy (non-hydrogen) atoms. The van der Waals surface area contributed by atoms with Gasteiger partial charge in [0, 0.05) is 29.1 Å². The van der Waals surface area contributed by atoms with Gasteiger partial charge in [0.25, 0.3) is 0 Å². The Morgan fingerprint density at radius 3 is 1.72 bits per heavy atom. The Labute approximate surface area is 355 Å². The standard InChI is InChI=1S/C49H37N5.C4H6.C2H6/c1-4-6-12-39(11-5-2)49(40-13-10-30-51-32-40)43-16-8-7-14-42(43)45-41(15-9-17-44(45)49)35-26-28-38(29-27-35)48-53-46(36-22-18-33(3)19-23-36)52-47(54-48)37-24-20-34(31-50)21-25-37;1-3-4-2;1-2/h4-30,32H,1-3H3;3-4H,1-2H2;1-2H3/b6-4-,11-5-,39-12+;;. The van der Waals surface area contributed by atoms with Gasteiger partial charge in [-0.1, -0.05) is 172 Å². The maximum absolute atomic E-state index is 9.37. The normalized spacial score (nSPS) is 13.9. The lowest BCUT2D eigenvalue weighted by atomic mass is 9.67. The van der Waals surface area contributed by atoms with Crippen LogP contribution in [-0.4, -0.2) is 19.9 Å². The Balaban J connectivity index is 0.000000951. The van der Waals surface area contributed by atoms with Gasteiger partial charge in [-0.2, -0.15) is 5.26 Å². The molecule has 2 heterocycles. The maximum atomic E-state index is 9.37. The molecule has 0 bridgehead atoms. The number of hydrogen-bond acceptors (Lipinski definition) is 5. The van der Waals surface area contributed by atoms with Crippen molar-refractivity contribution in [1.82, 2.24) is 19.9 Å². The van der Waals surface area contributed by atoms with Crippen molar-refractivity contribution >= 4 is 0 Å². The average Bonchev–Trinajstić information content (AvgIpc) is 3.62. The molecular weight excluding hydrogens is 731 g/mol. The molecule has 0 saturated heterocycles. The molecule has 0 radical (unpaired) electrons. The van der Waals surface area contributed by atoms with E-state index in [1.165, 1.54) is 27.8 Å². The Morgan fingerprint density at radius 2 is 1.17 bits per heavy atom. The summed E-state index contributed by atoms with van der Waals surface area (Å²) in [6, 6.07) is 45.9. The molecule has 1 aliphatic carbocycles. The Kier molecular flexibility index (Phi) is 13.8. The fraction of sp³-hybridized carbons (Fsp3) is 0.109. The molecule has 5 nitrogen and oxygen atoms in total. The van der Waals surface area contributed by atoms with E-state index in [0.717, 1.165) is 38.9 Å². The van der Waals surface area contributed by atoms with Crippen LogP contribution in [-0.2, 0) is 5.41 Å². The second-order valence-corrected chi connectivity index (χ2v) is 13.8. The number of nitrogens with zero attached hydrogens (tertiary/aromatic N) is 5. The summed E-state index contributed by atoms with van der Waals surface area (Å²) in [5.41, 5.74) is 13.2. The van der Waals surface area contributed by atoms with Gasteiger partial charge in [-0.15, -0.1) is 0 Å². The zero-order chi connectivity index (χ0) is 42.5. The van der Waals surface area contributed by atoms with Gasteiger partial charge in [-0.3, -0.25) is 4.98 Å². The molecule has 5 heteroatoms. The molecule has 1 atom stereocenters. The van der Waals surface area contributed by atoms with Gasteiger partial charge in [0.1, 0.15) is 0 Å². The van der Waals surface area contributed by atoms with Gasteiger partial charge in [-0.05, 0) is 95.6 Å².